The van der Waals surface area contributed by atoms with Gasteiger partial charge in [0.1, 0.15) is 0 Å². The molecule has 120 valence electrons. The Labute approximate surface area is 132 Å². The quantitative estimate of drug-likeness (QED) is 0.910. The van der Waals surface area contributed by atoms with Crippen LogP contribution in [0, 0.1) is 18.8 Å². The Balaban J connectivity index is 1.81. The maximum Gasteiger partial charge on any atom is 0.308 e. The van der Waals surface area contributed by atoms with E-state index in [0.29, 0.717) is 25.9 Å². The summed E-state index contributed by atoms with van der Waals surface area (Å²) >= 11 is 0. The second-order valence-electron chi connectivity index (χ2n) is 6.51. The second-order valence-corrected chi connectivity index (χ2v) is 6.51. The van der Waals surface area contributed by atoms with Crippen molar-refractivity contribution in [3.8, 4) is 0 Å². The number of carbonyl (C=O) groups is 2. The lowest BCUT2D eigenvalue weighted by Crippen LogP contribution is -2.45. The maximum atomic E-state index is 12.3. The highest BCUT2D eigenvalue weighted by Gasteiger charge is 2.31. The summed E-state index contributed by atoms with van der Waals surface area (Å²) in [6, 6.07) is 8.37. The fourth-order valence-electron chi connectivity index (χ4n) is 3.09. The summed E-state index contributed by atoms with van der Waals surface area (Å²) in [4.78, 5) is 25.2. The average molecular weight is 303 g/mol. The number of carbonyl (C=O) groups excluding carboxylic acids is 1. The minimum Gasteiger partial charge on any atom is -0.481 e. The predicted octanol–water partition coefficient (Wildman–Crippen LogP) is 2.89. The van der Waals surface area contributed by atoms with Gasteiger partial charge < -0.3 is 10.0 Å². The first-order valence-electron chi connectivity index (χ1n) is 8.02. The van der Waals surface area contributed by atoms with Crippen LogP contribution < -0.4 is 0 Å². The maximum absolute atomic E-state index is 12.3. The predicted molar refractivity (Wildman–Crippen MR) is 85.6 cm³/mol. The molecular formula is C18H25NO3. The van der Waals surface area contributed by atoms with E-state index in [4.69, 9.17) is 5.11 Å². The SMILES string of the molecule is Cc1ccc(CCCC(=O)N2CC(C)CC(C(=O)O)C2)cc1. The number of benzene rings is 1. The number of piperidine rings is 1. The molecule has 1 aliphatic heterocycles. The van der Waals surface area contributed by atoms with E-state index in [-0.39, 0.29) is 11.8 Å². The minimum atomic E-state index is -0.788. The molecular weight excluding hydrogens is 278 g/mol. The lowest BCUT2D eigenvalue weighted by Gasteiger charge is -2.34. The average Bonchev–Trinajstić information content (AvgIpc) is 2.48. The molecule has 0 aliphatic carbocycles. The molecule has 2 rings (SSSR count). The zero-order chi connectivity index (χ0) is 16.1. The van der Waals surface area contributed by atoms with E-state index < -0.39 is 11.9 Å². The van der Waals surface area contributed by atoms with Gasteiger partial charge in [-0.15, -0.1) is 0 Å². The Morgan fingerprint density at radius 1 is 1.23 bits per heavy atom. The van der Waals surface area contributed by atoms with Crippen LogP contribution in [0.3, 0.4) is 0 Å². The number of aliphatic carboxylic acids is 1. The van der Waals surface area contributed by atoms with Gasteiger partial charge in [-0.1, -0.05) is 36.8 Å². The Morgan fingerprint density at radius 3 is 2.55 bits per heavy atom. The lowest BCUT2D eigenvalue weighted by molar-refractivity contribution is -0.146. The molecule has 0 aromatic heterocycles. The van der Waals surface area contributed by atoms with E-state index in [0.717, 1.165) is 12.8 Å². The second kappa shape index (κ2) is 7.43. The van der Waals surface area contributed by atoms with Gasteiger partial charge in [-0.05, 0) is 37.7 Å². The van der Waals surface area contributed by atoms with Crippen LogP contribution in [-0.2, 0) is 16.0 Å². The molecule has 0 saturated carbocycles. The van der Waals surface area contributed by atoms with Crippen molar-refractivity contribution in [2.45, 2.75) is 39.5 Å². The normalized spacial score (nSPS) is 21.6. The monoisotopic (exact) mass is 303 g/mol. The first kappa shape index (κ1) is 16.5. The van der Waals surface area contributed by atoms with Crippen molar-refractivity contribution in [1.29, 1.82) is 0 Å². The first-order chi connectivity index (χ1) is 10.5. The van der Waals surface area contributed by atoms with Crippen LogP contribution in [0.1, 0.15) is 37.3 Å². The number of carboxylic acid groups (broad SMARTS) is 1. The number of amides is 1. The summed E-state index contributed by atoms with van der Waals surface area (Å²) in [5, 5.41) is 9.16. The van der Waals surface area contributed by atoms with E-state index >= 15 is 0 Å². The minimum absolute atomic E-state index is 0.0879. The Bertz CT molecular complexity index is 524. The smallest absolute Gasteiger partial charge is 0.308 e. The van der Waals surface area contributed by atoms with Gasteiger partial charge in [-0.25, -0.2) is 0 Å². The van der Waals surface area contributed by atoms with Crippen LogP contribution in [0.15, 0.2) is 24.3 Å². The fraction of sp³-hybridized carbons (Fsp3) is 0.556. The molecule has 0 spiro atoms. The number of carboxylic acids is 1. The third-order valence-corrected chi connectivity index (χ3v) is 4.34. The Kier molecular flexibility index (Phi) is 5.58. The van der Waals surface area contributed by atoms with Crippen molar-refractivity contribution in [3.05, 3.63) is 35.4 Å². The van der Waals surface area contributed by atoms with Crippen molar-refractivity contribution < 1.29 is 14.7 Å². The van der Waals surface area contributed by atoms with Crippen LogP contribution in [0.5, 0.6) is 0 Å². The van der Waals surface area contributed by atoms with Crippen LogP contribution in [-0.4, -0.2) is 35.0 Å². The number of hydrogen-bond acceptors (Lipinski definition) is 2. The molecule has 4 nitrogen and oxygen atoms in total. The molecule has 0 radical (unpaired) electrons. The van der Waals surface area contributed by atoms with Gasteiger partial charge in [0.2, 0.25) is 5.91 Å². The van der Waals surface area contributed by atoms with E-state index in [1.807, 2.05) is 6.92 Å². The van der Waals surface area contributed by atoms with Gasteiger partial charge in [-0.2, -0.15) is 0 Å². The van der Waals surface area contributed by atoms with Crippen molar-refractivity contribution in [2.75, 3.05) is 13.1 Å². The van der Waals surface area contributed by atoms with Gasteiger partial charge in [0.15, 0.2) is 0 Å². The third-order valence-electron chi connectivity index (χ3n) is 4.34. The van der Waals surface area contributed by atoms with E-state index in [9.17, 15) is 9.59 Å². The highest BCUT2D eigenvalue weighted by Crippen LogP contribution is 2.22. The molecule has 1 saturated heterocycles. The van der Waals surface area contributed by atoms with E-state index in [1.54, 1.807) is 4.90 Å². The van der Waals surface area contributed by atoms with Gasteiger partial charge in [0.05, 0.1) is 5.92 Å². The largest absolute Gasteiger partial charge is 0.481 e. The van der Waals surface area contributed by atoms with E-state index in [1.165, 1.54) is 11.1 Å². The van der Waals surface area contributed by atoms with Crippen molar-refractivity contribution in [1.82, 2.24) is 4.90 Å². The molecule has 1 heterocycles. The number of rotatable bonds is 5. The third kappa shape index (κ3) is 4.58. The number of aryl methyl sites for hydroxylation is 2. The number of likely N-dealkylation sites (tertiary alicyclic amines) is 1. The summed E-state index contributed by atoms with van der Waals surface area (Å²) in [5.74, 6) is -0.852. The van der Waals surface area contributed by atoms with Crippen molar-refractivity contribution in [2.24, 2.45) is 11.8 Å². The Hall–Kier alpha value is -1.84. The van der Waals surface area contributed by atoms with Gasteiger partial charge in [0.25, 0.3) is 0 Å². The summed E-state index contributed by atoms with van der Waals surface area (Å²) in [5.41, 5.74) is 2.48. The molecule has 1 aliphatic rings. The van der Waals surface area contributed by atoms with E-state index in [2.05, 4.69) is 31.2 Å². The summed E-state index contributed by atoms with van der Waals surface area (Å²) in [7, 11) is 0. The van der Waals surface area contributed by atoms with Crippen LogP contribution in [0.25, 0.3) is 0 Å². The van der Waals surface area contributed by atoms with Crippen molar-refractivity contribution in [3.63, 3.8) is 0 Å². The molecule has 1 aromatic carbocycles. The highest BCUT2D eigenvalue weighted by atomic mass is 16.4. The summed E-state index contributed by atoms with van der Waals surface area (Å²) in [6.07, 6.45) is 2.86. The van der Waals surface area contributed by atoms with Crippen LogP contribution in [0.2, 0.25) is 0 Å². The summed E-state index contributed by atoms with van der Waals surface area (Å²) in [6.45, 7) is 5.13. The fourth-order valence-corrected chi connectivity index (χ4v) is 3.09. The van der Waals surface area contributed by atoms with Gasteiger partial charge in [-0.3, -0.25) is 9.59 Å². The standard InChI is InChI=1S/C18H25NO3/c1-13-6-8-15(9-7-13)4-3-5-17(20)19-11-14(2)10-16(12-19)18(21)22/h6-9,14,16H,3-5,10-12H2,1-2H3,(H,21,22). The zero-order valence-electron chi connectivity index (χ0n) is 13.4. The molecule has 1 fully saturated rings. The molecule has 1 N–H and O–H groups in total. The lowest BCUT2D eigenvalue weighted by atomic mass is 9.90. The summed E-state index contributed by atoms with van der Waals surface area (Å²) < 4.78 is 0. The molecule has 1 aromatic rings. The number of nitrogens with zero attached hydrogens (tertiary/aromatic N) is 1. The molecule has 22 heavy (non-hydrogen) atoms. The van der Waals surface area contributed by atoms with Crippen LogP contribution >= 0.6 is 0 Å². The molecule has 4 heteroatoms. The zero-order valence-corrected chi connectivity index (χ0v) is 13.4. The van der Waals surface area contributed by atoms with Crippen LogP contribution in [0.4, 0.5) is 0 Å². The first-order valence-corrected chi connectivity index (χ1v) is 8.02. The molecule has 0 bridgehead atoms. The molecule has 2 unspecified atom stereocenters. The topological polar surface area (TPSA) is 57.6 Å². The van der Waals surface area contributed by atoms with Gasteiger partial charge >= 0.3 is 5.97 Å². The molecule has 1 amide bonds. The Morgan fingerprint density at radius 2 is 1.91 bits per heavy atom. The number of hydrogen-bond donors (Lipinski definition) is 1. The highest BCUT2D eigenvalue weighted by molar-refractivity contribution is 5.78. The van der Waals surface area contributed by atoms with Crippen molar-refractivity contribution >= 4 is 11.9 Å². The molecule has 2 atom stereocenters. The van der Waals surface area contributed by atoms with Gasteiger partial charge in [0, 0.05) is 19.5 Å².